The van der Waals surface area contributed by atoms with Gasteiger partial charge >= 0.3 is 0 Å². The van der Waals surface area contributed by atoms with Crippen LogP contribution in [0.3, 0.4) is 0 Å². The quantitative estimate of drug-likeness (QED) is 0.746. The van der Waals surface area contributed by atoms with Crippen molar-refractivity contribution < 1.29 is 9.53 Å². The second-order valence-corrected chi connectivity index (χ2v) is 5.74. The van der Waals surface area contributed by atoms with Crippen LogP contribution in [0.5, 0.6) is 5.75 Å². The molecule has 0 spiro atoms. The maximum absolute atomic E-state index is 12.1. The monoisotopic (exact) mass is 344 g/mol. The molecule has 2 aromatic heterocycles. The zero-order valence-electron chi connectivity index (χ0n) is 13.1. The molecule has 2 heterocycles. The van der Waals surface area contributed by atoms with Crippen molar-refractivity contribution in [1.82, 2.24) is 19.9 Å². The molecule has 0 bridgehead atoms. The van der Waals surface area contributed by atoms with Gasteiger partial charge in [0.05, 0.1) is 0 Å². The Labute approximate surface area is 144 Å². The summed E-state index contributed by atoms with van der Waals surface area (Å²) in [4.78, 5) is 12.1. The molecule has 1 aromatic carbocycles. The Morgan fingerprint density at radius 1 is 1.29 bits per heavy atom. The molecule has 1 unspecified atom stereocenters. The van der Waals surface area contributed by atoms with Crippen LogP contribution in [0.25, 0.3) is 5.65 Å². The molecule has 1 N–H and O–H groups in total. The molecule has 0 fully saturated rings. The van der Waals surface area contributed by atoms with Crippen LogP contribution in [-0.2, 0) is 11.2 Å². The van der Waals surface area contributed by atoms with Gasteiger partial charge in [0.25, 0.3) is 5.91 Å². The summed E-state index contributed by atoms with van der Waals surface area (Å²) in [6, 6.07) is 12.7. The van der Waals surface area contributed by atoms with Crippen LogP contribution in [0.15, 0.2) is 48.7 Å². The second-order valence-electron chi connectivity index (χ2n) is 5.30. The standard InChI is InChI=1S/C17H17ClN4O2/c1-12(24-14-6-4-5-13(18)11-14)17(23)19-9-8-16-21-20-15-7-2-3-10-22(15)16/h2-7,10-12H,8-9H2,1H3,(H,19,23). The summed E-state index contributed by atoms with van der Waals surface area (Å²) >= 11 is 5.90. The number of fused-ring (bicyclic) bond motifs is 1. The van der Waals surface area contributed by atoms with E-state index in [1.54, 1.807) is 31.2 Å². The fourth-order valence-electron chi connectivity index (χ4n) is 2.30. The summed E-state index contributed by atoms with van der Waals surface area (Å²) in [5, 5.41) is 11.6. The minimum Gasteiger partial charge on any atom is -0.481 e. The number of benzene rings is 1. The summed E-state index contributed by atoms with van der Waals surface area (Å²) in [7, 11) is 0. The summed E-state index contributed by atoms with van der Waals surface area (Å²) in [5.41, 5.74) is 0.788. The highest BCUT2D eigenvalue weighted by atomic mass is 35.5. The minimum absolute atomic E-state index is 0.191. The molecule has 0 aliphatic carbocycles. The first-order valence-corrected chi connectivity index (χ1v) is 8.00. The molecule has 1 amide bonds. The number of carbonyl (C=O) groups excluding carboxylic acids is 1. The van der Waals surface area contributed by atoms with Gasteiger partial charge in [-0.2, -0.15) is 0 Å². The van der Waals surface area contributed by atoms with Gasteiger partial charge in [-0.25, -0.2) is 0 Å². The molecule has 0 saturated carbocycles. The number of nitrogens with zero attached hydrogens (tertiary/aromatic N) is 3. The second kappa shape index (κ2) is 7.31. The van der Waals surface area contributed by atoms with Gasteiger partial charge in [-0.3, -0.25) is 9.20 Å². The maximum Gasteiger partial charge on any atom is 0.260 e. The smallest absolute Gasteiger partial charge is 0.260 e. The Balaban J connectivity index is 1.51. The first kappa shape index (κ1) is 16.3. The molecule has 24 heavy (non-hydrogen) atoms. The number of rotatable bonds is 6. The Kier molecular flexibility index (Phi) is 4.96. The molecular weight excluding hydrogens is 328 g/mol. The lowest BCUT2D eigenvalue weighted by Crippen LogP contribution is -2.37. The van der Waals surface area contributed by atoms with E-state index in [4.69, 9.17) is 16.3 Å². The number of hydrogen-bond acceptors (Lipinski definition) is 4. The van der Waals surface area contributed by atoms with Crippen molar-refractivity contribution in [3.63, 3.8) is 0 Å². The van der Waals surface area contributed by atoms with Crippen LogP contribution in [-0.4, -0.2) is 33.2 Å². The van der Waals surface area contributed by atoms with E-state index < -0.39 is 6.10 Å². The van der Waals surface area contributed by atoms with E-state index in [1.165, 1.54) is 0 Å². The first-order chi connectivity index (χ1) is 11.6. The van der Waals surface area contributed by atoms with Crippen LogP contribution >= 0.6 is 11.6 Å². The first-order valence-electron chi connectivity index (χ1n) is 7.62. The van der Waals surface area contributed by atoms with Gasteiger partial charge in [-0.1, -0.05) is 23.7 Å². The molecule has 3 aromatic rings. The number of nitrogens with one attached hydrogen (secondary N) is 1. The topological polar surface area (TPSA) is 68.5 Å². The van der Waals surface area contributed by atoms with Crippen LogP contribution in [0, 0.1) is 0 Å². The zero-order valence-corrected chi connectivity index (χ0v) is 13.9. The van der Waals surface area contributed by atoms with Gasteiger partial charge in [0.15, 0.2) is 11.8 Å². The maximum atomic E-state index is 12.1. The number of carbonyl (C=O) groups is 1. The SMILES string of the molecule is CC(Oc1cccc(Cl)c1)C(=O)NCCc1nnc2ccccn12. The molecule has 3 rings (SSSR count). The number of aromatic nitrogens is 3. The van der Waals surface area contributed by atoms with Crippen LogP contribution < -0.4 is 10.1 Å². The van der Waals surface area contributed by atoms with Crippen molar-refractivity contribution in [1.29, 1.82) is 0 Å². The van der Waals surface area contributed by atoms with E-state index in [2.05, 4.69) is 15.5 Å². The van der Waals surface area contributed by atoms with Gasteiger partial charge in [0.2, 0.25) is 0 Å². The van der Waals surface area contributed by atoms with Crippen molar-refractivity contribution in [3.8, 4) is 5.75 Å². The normalized spacial score (nSPS) is 12.1. The predicted molar refractivity (Wildman–Crippen MR) is 91.2 cm³/mol. The lowest BCUT2D eigenvalue weighted by molar-refractivity contribution is -0.127. The average molecular weight is 345 g/mol. The molecule has 6 nitrogen and oxygen atoms in total. The van der Waals surface area contributed by atoms with Crippen molar-refractivity contribution in [2.45, 2.75) is 19.4 Å². The fraction of sp³-hybridized carbons (Fsp3) is 0.235. The lowest BCUT2D eigenvalue weighted by atomic mass is 10.3. The van der Waals surface area contributed by atoms with Crippen molar-refractivity contribution in [2.24, 2.45) is 0 Å². The summed E-state index contributed by atoms with van der Waals surface area (Å²) in [6.45, 7) is 2.15. The Morgan fingerprint density at radius 3 is 3.00 bits per heavy atom. The highest BCUT2D eigenvalue weighted by molar-refractivity contribution is 6.30. The van der Waals surface area contributed by atoms with Crippen LogP contribution in [0.4, 0.5) is 0 Å². The van der Waals surface area contributed by atoms with Crippen molar-refractivity contribution in [2.75, 3.05) is 6.54 Å². The molecule has 7 heteroatoms. The van der Waals surface area contributed by atoms with Crippen molar-refractivity contribution >= 4 is 23.2 Å². The largest absolute Gasteiger partial charge is 0.481 e. The van der Waals surface area contributed by atoms with Gasteiger partial charge in [-0.15, -0.1) is 10.2 Å². The molecule has 0 aliphatic heterocycles. The molecule has 0 aliphatic rings. The highest BCUT2D eigenvalue weighted by Crippen LogP contribution is 2.18. The predicted octanol–water partition coefficient (Wildman–Crippen LogP) is 2.51. The number of amides is 1. The minimum atomic E-state index is -0.612. The van der Waals surface area contributed by atoms with Crippen molar-refractivity contribution in [3.05, 3.63) is 59.5 Å². The average Bonchev–Trinajstić information content (AvgIpc) is 2.98. The number of ether oxygens (including phenoxy) is 1. The number of pyridine rings is 1. The fourth-order valence-corrected chi connectivity index (χ4v) is 2.48. The summed E-state index contributed by atoms with van der Waals surface area (Å²) in [5.74, 6) is 1.17. The van der Waals surface area contributed by atoms with Gasteiger partial charge < -0.3 is 10.1 Å². The molecule has 124 valence electrons. The van der Waals surface area contributed by atoms with E-state index in [-0.39, 0.29) is 5.91 Å². The summed E-state index contributed by atoms with van der Waals surface area (Å²) < 4.78 is 7.49. The Hall–Kier alpha value is -2.60. The molecular formula is C17H17ClN4O2. The van der Waals surface area contributed by atoms with Crippen LogP contribution in [0.2, 0.25) is 5.02 Å². The van der Waals surface area contributed by atoms with Gasteiger partial charge in [-0.05, 0) is 37.3 Å². The molecule has 0 saturated heterocycles. The van der Waals surface area contributed by atoms with E-state index in [0.29, 0.717) is 23.7 Å². The third kappa shape index (κ3) is 3.83. The highest BCUT2D eigenvalue weighted by Gasteiger charge is 2.14. The summed E-state index contributed by atoms with van der Waals surface area (Å²) in [6.07, 6.45) is 1.87. The number of halogens is 1. The van der Waals surface area contributed by atoms with Crippen LogP contribution in [0.1, 0.15) is 12.7 Å². The van der Waals surface area contributed by atoms with E-state index >= 15 is 0 Å². The molecule has 0 radical (unpaired) electrons. The van der Waals surface area contributed by atoms with E-state index in [0.717, 1.165) is 11.5 Å². The van der Waals surface area contributed by atoms with Gasteiger partial charge in [0, 0.05) is 24.2 Å². The van der Waals surface area contributed by atoms with E-state index in [1.807, 2.05) is 28.8 Å². The third-order valence-electron chi connectivity index (χ3n) is 3.51. The van der Waals surface area contributed by atoms with Gasteiger partial charge in [0.1, 0.15) is 11.6 Å². The third-order valence-corrected chi connectivity index (χ3v) is 3.75. The Bertz CT molecular complexity index is 849. The lowest BCUT2D eigenvalue weighted by Gasteiger charge is -2.14. The van der Waals surface area contributed by atoms with E-state index in [9.17, 15) is 4.79 Å². The molecule has 1 atom stereocenters. The Morgan fingerprint density at radius 2 is 2.17 bits per heavy atom. The number of hydrogen-bond donors (Lipinski definition) is 1. The zero-order chi connectivity index (χ0) is 16.9.